The van der Waals surface area contributed by atoms with Gasteiger partial charge in [0.25, 0.3) is 0 Å². The summed E-state index contributed by atoms with van der Waals surface area (Å²) in [6, 6.07) is 0.280. The monoisotopic (exact) mass is 266 g/mol. The molecule has 0 radical (unpaired) electrons. The molecule has 0 aliphatic carbocycles. The lowest BCUT2D eigenvalue weighted by atomic mass is 10.1. The number of aryl methyl sites for hydroxylation is 1. The highest BCUT2D eigenvalue weighted by Crippen LogP contribution is 2.15. The molecule has 1 aromatic heterocycles. The minimum atomic E-state index is -0.288. The quantitative estimate of drug-likeness (QED) is 0.770. The highest BCUT2D eigenvalue weighted by molar-refractivity contribution is 5.09. The van der Waals surface area contributed by atoms with E-state index in [0.29, 0.717) is 6.54 Å². The van der Waals surface area contributed by atoms with Crippen molar-refractivity contribution in [2.75, 3.05) is 26.2 Å². The standard InChI is InChI=1S/C14H26N4O/c1-3-14(12-8-16-17(2)10-12)15-9-13(19)11-18-6-4-5-7-18/h8,10,13-15,19H,3-7,9,11H2,1-2H3. The molecule has 2 rings (SSSR count). The molecule has 1 fully saturated rings. The van der Waals surface area contributed by atoms with Gasteiger partial charge in [-0.3, -0.25) is 4.68 Å². The first-order valence-corrected chi connectivity index (χ1v) is 7.31. The van der Waals surface area contributed by atoms with E-state index in [9.17, 15) is 5.11 Å². The Hall–Kier alpha value is -0.910. The van der Waals surface area contributed by atoms with E-state index in [1.54, 1.807) is 0 Å². The normalized spacial score (nSPS) is 19.7. The van der Waals surface area contributed by atoms with Gasteiger partial charge in [-0.15, -0.1) is 0 Å². The number of rotatable bonds is 7. The smallest absolute Gasteiger partial charge is 0.0791 e. The molecule has 1 aliphatic heterocycles. The summed E-state index contributed by atoms with van der Waals surface area (Å²) in [6.07, 6.45) is 7.19. The zero-order chi connectivity index (χ0) is 13.7. The van der Waals surface area contributed by atoms with Crippen molar-refractivity contribution in [1.29, 1.82) is 0 Å². The van der Waals surface area contributed by atoms with E-state index in [1.165, 1.54) is 18.4 Å². The number of hydrogen-bond acceptors (Lipinski definition) is 4. The number of likely N-dealkylation sites (tertiary alicyclic amines) is 1. The number of aliphatic hydroxyl groups is 1. The third kappa shape index (κ3) is 4.30. The Morgan fingerprint density at radius 2 is 2.16 bits per heavy atom. The Morgan fingerprint density at radius 1 is 1.42 bits per heavy atom. The van der Waals surface area contributed by atoms with Crippen LogP contribution in [0.4, 0.5) is 0 Å². The fourth-order valence-electron chi connectivity index (χ4n) is 2.72. The van der Waals surface area contributed by atoms with Crippen molar-refractivity contribution in [2.24, 2.45) is 7.05 Å². The van der Waals surface area contributed by atoms with E-state index < -0.39 is 0 Å². The van der Waals surface area contributed by atoms with Crippen molar-refractivity contribution in [1.82, 2.24) is 20.0 Å². The van der Waals surface area contributed by atoms with Crippen molar-refractivity contribution < 1.29 is 5.11 Å². The van der Waals surface area contributed by atoms with E-state index >= 15 is 0 Å². The molecule has 1 aromatic rings. The molecule has 0 amide bonds. The summed E-state index contributed by atoms with van der Waals surface area (Å²) in [5.41, 5.74) is 1.19. The maximum absolute atomic E-state index is 10.1. The van der Waals surface area contributed by atoms with Gasteiger partial charge in [-0.05, 0) is 32.4 Å². The van der Waals surface area contributed by atoms with Gasteiger partial charge in [-0.1, -0.05) is 6.92 Å². The highest BCUT2D eigenvalue weighted by Gasteiger charge is 2.17. The van der Waals surface area contributed by atoms with Crippen molar-refractivity contribution in [3.05, 3.63) is 18.0 Å². The van der Waals surface area contributed by atoms with E-state index in [0.717, 1.165) is 26.1 Å². The minimum absolute atomic E-state index is 0.280. The van der Waals surface area contributed by atoms with Crippen LogP contribution in [0.2, 0.25) is 0 Å². The summed E-state index contributed by atoms with van der Waals surface area (Å²) in [7, 11) is 1.93. The van der Waals surface area contributed by atoms with E-state index in [4.69, 9.17) is 0 Å². The molecule has 2 heterocycles. The van der Waals surface area contributed by atoms with Gasteiger partial charge < -0.3 is 15.3 Å². The summed E-state index contributed by atoms with van der Waals surface area (Å²) in [6.45, 7) is 5.85. The fraction of sp³-hybridized carbons (Fsp3) is 0.786. The SMILES string of the molecule is CCC(NCC(O)CN1CCCC1)c1cnn(C)c1. The average Bonchev–Trinajstić information content (AvgIpc) is 3.02. The lowest BCUT2D eigenvalue weighted by Crippen LogP contribution is -2.38. The first kappa shape index (κ1) is 14.5. The van der Waals surface area contributed by atoms with E-state index in [2.05, 4.69) is 22.2 Å². The van der Waals surface area contributed by atoms with Gasteiger partial charge in [0.1, 0.15) is 0 Å². The number of β-amino-alcohol motifs (C(OH)–C–C–N with tert-alkyl or cyclic N) is 1. The van der Waals surface area contributed by atoms with Crippen LogP contribution in [0.1, 0.15) is 37.8 Å². The van der Waals surface area contributed by atoms with Gasteiger partial charge in [0, 0.05) is 37.9 Å². The summed E-state index contributed by atoms with van der Waals surface area (Å²) >= 11 is 0. The lowest BCUT2D eigenvalue weighted by molar-refractivity contribution is 0.120. The second kappa shape index (κ2) is 7.03. The minimum Gasteiger partial charge on any atom is -0.390 e. The second-order valence-electron chi connectivity index (χ2n) is 5.48. The van der Waals surface area contributed by atoms with Crippen LogP contribution >= 0.6 is 0 Å². The maximum atomic E-state index is 10.1. The Kier molecular flexibility index (Phi) is 5.36. The molecule has 5 nitrogen and oxygen atoms in total. The van der Waals surface area contributed by atoms with Gasteiger partial charge in [-0.2, -0.15) is 5.10 Å². The Morgan fingerprint density at radius 3 is 2.74 bits per heavy atom. The van der Waals surface area contributed by atoms with Gasteiger partial charge >= 0.3 is 0 Å². The fourth-order valence-corrected chi connectivity index (χ4v) is 2.72. The van der Waals surface area contributed by atoms with Crippen LogP contribution in [-0.2, 0) is 7.05 Å². The van der Waals surface area contributed by atoms with Gasteiger partial charge in [0.05, 0.1) is 12.3 Å². The number of hydrogen-bond donors (Lipinski definition) is 2. The molecular weight excluding hydrogens is 240 g/mol. The third-order valence-corrected chi connectivity index (χ3v) is 3.80. The number of nitrogens with one attached hydrogen (secondary N) is 1. The lowest BCUT2D eigenvalue weighted by Gasteiger charge is -2.22. The zero-order valence-corrected chi connectivity index (χ0v) is 12.0. The first-order valence-electron chi connectivity index (χ1n) is 7.31. The van der Waals surface area contributed by atoms with Gasteiger partial charge in [0.2, 0.25) is 0 Å². The Bertz CT molecular complexity index is 373. The second-order valence-corrected chi connectivity index (χ2v) is 5.48. The predicted molar refractivity (Wildman–Crippen MR) is 75.9 cm³/mol. The molecular formula is C14H26N4O. The van der Waals surface area contributed by atoms with Crippen molar-refractivity contribution in [3.8, 4) is 0 Å². The molecule has 2 N–H and O–H groups in total. The van der Waals surface area contributed by atoms with Crippen LogP contribution < -0.4 is 5.32 Å². The third-order valence-electron chi connectivity index (χ3n) is 3.80. The summed E-state index contributed by atoms with van der Waals surface area (Å²) in [4.78, 5) is 2.34. The van der Waals surface area contributed by atoms with Crippen LogP contribution in [0.3, 0.4) is 0 Å². The van der Waals surface area contributed by atoms with Gasteiger partial charge in [-0.25, -0.2) is 0 Å². The molecule has 5 heteroatoms. The number of aromatic nitrogens is 2. The molecule has 2 atom stereocenters. The van der Waals surface area contributed by atoms with Gasteiger partial charge in [0.15, 0.2) is 0 Å². The van der Waals surface area contributed by atoms with Crippen molar-refractivity contribution in [2.45, 2.75) is 38.3 Å². The Balaban J connectivity index is 1.75. The number of nitrogens with zero attached hydrogens (tertiary/aromatic N) is 3. The largest absolute Gasteiger partial charge is 0.390 e. The first-order chi connectivity index (χ1) is 9.19. The molecule has 19 heavy (non-hydrogen) atoms. The van der Waals surface area contributed by atoms with Crippen molar-refractivity contribution >= 4 is 0 Å². The maximum Gasteiger partial charge on any atom is 0.0791 e. The average molecular weight is 266 g/mol. The summed E-state index contributed by atoms with van der Waals surface area (Å²) in [5.74, 6) is 0. The molecule has 0 aromatic carbocycles. The molecule has 0 saturated carbocycles. The molecule has 1 saturated heterocycles. The van der Waals surface area contributed by atoms with Crippen LogP contribution in [0.5, 0.6) is 0 Å². The molecule has 2 unspecified atom stereocenters. The number of aliphatic hydroxyl groups excluding tert-OH is 1. The molecule has 0 spiro atoms. The van der Waals surface area contributed by atoms with Crippen molar-refractivity contribution in [3.63, 3.8) is 0 Å². The van der Waals surface area contributed by atoms with Crippen LogP contribution in [0.15, 0.2) is 12.4 Å². The van der Waals surface area contributed by atoms with Crippen LogP contribution in [0.25, 0.3) is 0 Å². The molecule has 1 aliphatic rings. The van der Waals surface area contributed by atoms with Crippen LogP contribution in [-0.4, -0.2) is 52.1 Å². The van der Waals surface area contributed by atoms with Crippen LogP contribution in [0, 0.1) is 0 Å². The summed E-state index contributed by atoms with van der Waals surface area (Å²) in [5, 5.41) is 17.7. The zero-order valence-electron chi connectivity index (χ0n) is 12.0. The summed E-state index contributed by atoms with van der Waals surface area (Å²) < 4.78 is 1.82. The van der Waals surface area contributed by atoms with E-state index in [1.807, 2.05) is 24.1 Å². The Labute approximate surface area is 115 Å². The highest BCUT2D eigenvalue weighted by atomic mass is 16.3. The predicted octanol–water partition coefficient (Wildman–Crippen LogP) is 0.917. The molecule has 0 bridgehead atoms. The van der Waals surface area contributed by atoms with E-state index in [-0.39, 0.29) is 12.1 Å². The topological polar surface area (TPSA) is 53.3 Å². The molecule has 108 valence electrons.